The van der Waals surface area contributed by atoms with Crippen molar-refractivity contribution < 1.29 is 8.83 Å². The van der Waals surface area contributed by atoms with Crippen LogP contribution < -0.4 is 0 Å². The van der Waals surface area contributed by atoms with E-state index in [1.54, 1.807) is 0 Å². The van der Waals surface area contributed by atoms with Crippen molar-refractivity contribution in [2.24, 2.45) is 0 Å². The summed E-state index contributed by atoms with van der Waals surface area (Å²) in [4.78, 5) is 0. The minimum absolute atomic E-state index is 0.864. The van der Waals surface area contributed by atoms with E-state index in [2.05, 4.69) is 143 Å². The zero-order valence-corrected chi connectivity index (χ0v) is 25.7. The third-order valence-corrected chi connectivity index (χ3v) is 9.93. The molecule has 0 saturated carbocycles. The number of para-hydroxylation sites is 4. The normalized spacial score (nSPS) is 12.2. The van der Waals surface area contributed by atoms with Gasteiger partial charge in [-0.25, -0.2) is 0 Å². The van der Waals surface area contributed by atoms with Gasteiger partial charge < -0.3 is 13.4 Å². The summed E-state index contributed by atoms with van der Waals surface area (Å²) in [5.41, 5.74) is 11.5. The highest BCUT2D eigenvalue weighted by Crippen LogP contribution is 2.40. The molecule has 224 valence electrons. The Morgan fingerprint density at radius 3 is 1.75 bits per heavy atom. The molecule has 0 saturated heterocycles. The third kappa shape index (κ3) is 3.49. The molecule has 0 N–H and O–H groups in total. The van der Waals surface area contributed by atoms with E-state index in [-0.39, 0.29) is 0 Å². The predicted octanol–water partition coefficient (Wildman–Crippen LogP) is 12.2. The van der Waals surface area contributed by atoms with Crippen LogP contribution in [-0.2, 0) is 0 Å². The van der Waals surface area contributed by atoms with Crippen LogP contribution in [-0.4, -0.2) is 9.13 Å². The molecule has 0 amide bonds. The van der Waals surface area contributed by atoms with E-state index in [0.29, 0.717) is 0 Å². The van der Waals surface area contributed by atoms with Crippen molar-refractivity contribution in [2.75, 3.05) is 0 Å². The SMILES string of the molecule is c1cc(-n2c3ccccc3c3cc(-c4ccc5c(c4)oc4ccccc45)ccc32)cc(-n2c3ccccc3c3c4ccccc4oc32)c1. The molecule has 4 heteroatoms. The fourth-order valence-electron chi connectivity index (χ4n) is 7.80. The lowest BCUT2D eigenvalue weighted by atomic mass is 10.0. The number of benzene rings is 7. The molecule has 11 rings (SSSR count). The molecule has 0 bridgehead atoms. The second-order valence-corrected chi connectivity index (χ2v) is 12.5. The van der Waals surface area contributed by atoms with Crippen molar-refractivity contribution in [3.8, 4) is 22.5 Å². The number of furan rings is 2. The zero-order valence-electron chi connectivity index (χ0n) is 25.7. The molecule has 0 aliphatic rings. The first-order valence-electron chi connectivity index (χ1n) is 16.3. The van der Waals surface area contributed by atoms with Gasteiger partial charge in [-0.1, -0.05) is 91.0 Å². The van der Waals surface area contributed by atoms with Gasteiger partial charge in [0.15, 0.2) is 0 Å². The van der Waals surface area contributed by atoms with E-state index in [1.165, 1.54) is 21.7 Å². The lowest BCUT2D eigenvalue weighted by molar-refractivity contribution is 0.645. The van der Waals surface area contributed by atoms with Crippen molar-refractivity contribution in [3.05, 3.63) is 158 Å². The molecule has 48 heavy (non-hydrogen) atoms. The minimum Gasteiger partial charge on any atom is -0.456 e. The summed E-state index contributed by atoms with van der Waals surface area (Å²) in [6.45, 7) is 0. The Balaban J connectivity index is 1.11. The summed E-state index contributed by atoms with van der Waals surface area (Å²) in [6, 6.07) is 55.9. The number of hydrogen-bond acceptors (Lipinski definition) is 2. The van der Waals surface area contributed by atoms with Crippen molar-refractivity contribution in [2.45, 2.75) is 0 Å². The molecule has 0 aliphatic heterocycles. The first-order valence-corrected chi connectivity index (χ1v) is 16.3. The van der Waals surface area contributed by atoms with Crippen LogP contribution in [0.4, 0.5) is 0 Å². The van der Waals surface area contributed by atoms with Gasteiger partial charge in [0, 0.05) is 38.0 Å². The average molecular weight is 615 g/mol. The van der Waals surface area contributed by atoms with Gasteiger partial charge in [0.25, 0.3) is 0 Å². The maximum absolute atomic E-state index is 6.54. The van der Waals surface area contributed by atoms with Crippen LogP contribution in [0.25, 0.3) is 99.2 Å². The fraction of sp³-hybridized carbons (Fsp3) is 0. The Labute approximate surface area is 274 Å². The van der Waals surface area contributed by atoms with Crippen LogP contribution in [0, 0.1) is 0 Å². The van der Waals surface area contributed by atoms with Gasteiger partial charge in [-0.15, -0.1) is 0 Å². The first-order chi connectivity index (χ1) is 23.8. The predicted molar refractivity (Wildman–Crippen MR) is 198 cm³/mol. The maximum Gasteiger partial charge on any atom is 0.213 e. The lowest BCUT2D eigenvalue weighted by Gasteiger charge is -2.12. The van der Waals surface area contributed by atoms with Crippen molar-refractivity contribution in [3.63, 3.8) is 0 Å². The molecule has 11 aromatic rings. The largest absolute Gasteiger partial charge is 0.456 e. The quantitative estimate of drug-likeness (QED) is 0.198. The van der Waals surface area contributed by atoms with E-state index >= 15 is 0 Å². The van der Waals surface area contributed by atoms with Gasteiger partial charge in [0.05, 0.1) is 27.6 Å². The first kappa shape index (κ1) is 25.6. The third-order valence-electron chi connectivity index (χ3n) is 9.93. The Bertz CT molecular complexity index is 3080. The Morgan fingerprint density at radius 1 is 0.333 bits per heavy atom. The lowest BCUT2D eigenvalue weighted by Crippen LogP contribution is -1.98. The molecule has 0 spiro atoms. The van der Waals surface area contributed by atoms with Gasteiger partial charge >= 0.3 is 0 Å². The molecule has 0 fully saturated rings. The summed E-state index contributed by atoms with van der Waals surface area (Å²) >= 11 is 0. The molecule has 0 aliphatic carbocycles. The van der Waals surface area contributed by atoms with Crippen LogP contribution in [0.15, 0.2) is 167 Å². The van der Waals surface area contributed by atoms with E-state index in [1.807, 2.05) is 24.3 Å². The van der Waals surface area contributed by atoms with Crippen molar-refractivity contribution in [1.29, 1.82) is 0 Å². The Hall–Kier alpha value is -6.52. The molecule has 0 atom stereocenters. The smallest absolute Gasteiger partial charge is 0.213 e. The molecule has 4 heterocycles. The molecular weight excluding hydrogens is 588 g/mol. The summed E-state index contributed by atoms with van der Waals surface area (Å²) < 4.78 is 17.4. The summed E-state index contributed by atoms with van der Waals surface area (Å²) in [5, 5.41) is 8.19. The highest BCUT2D eigenvalue weighted by molar-refractivity contribution is 6.20. The maximum atomic E-state index is 6.54. The van der Waals surface area contributed by atoms with E-state index in [9.17, 15) is 0 Å². The molecule has 0 unspecified atom stereocenters. The highest BCUT2D eigenvalue weighted by atomic mass is 16.3. The number of rotatable bonds is 3. The number of hydrogen-bond donors (Lipinski definition) is 0. The second-order valence-electron chi connectivity index (χ2n) is 12.5. The van der Waals surface area contributed by atoms with Gasteiger partial charge in [-0.2, -0.15) is 0 Å². The second kappa shape index (κ2) is 9.50. The minimum atomic E-state index is 0.864. The average Bonchev–Trinajstić information content (AvgIpc) is 3.88. The van der Waals surface area contributed by atoms with E-state index in [4.69, 9.17) is 8.83 Å². The number of fused-ring (bicyclic) bond motifs is 11. The summed E-state index contributed by atoms with van der Waals surface area (Å²) in [5.74, 6) is 0. The molecule has 4 aromatic heterocycles. The van der Waals surface area contributed by atoms with Crippen LogP contribution in [0.5, 0.6) is 0 Å². The molecule has 4 nitrogen and oxygen atoms in total. The van der Waals surface area contributed by atoms with Gasteiger partial charge in [0.1, 0.15) is 16.7 Å². The summed E-state index contributed by atoms with van der Waals surface area (Å²) in [7, 11) is 0. The summed E-state index contributed by atoms with van der Waals surface area (Å²) in [6.07, 6.45) is 0. The van der Waals surface area contributed by atoms with Crippen LogP contribution in [0.2, 0.25) is 0 Å². The Morgan fingerprint density at radius 2 is 0.917 bits per heavy atom. The molecule has 0 radical (unpaired) electrons. The van der Waals surface area contributed by atoms with Gasteiger partial charge in [0.2, 0.25) is 5.71 Å². The van der Waals surface area contributed by atoms with Crippen LogP contribution >= 0.6 is 0 Å². The van der Waals surface area contributed by atoms with Gasteiger partial charge in [-0.3, -0.25) is 4.57 Å². The zero-order chi connectivity index (χ0) is 31.3. The van der Waals surface area contributed by atoms with Crippen LogP contribution in [0.1, 0.15) is 0 Å². The topological polar surface area (TPSA) is 36.1 Å². The molecule has 7 aromatic carbocycles. The van der Waals surface area contributed by atoms with Crippen molar-refractivity contribution in [1.82, 2.24) is 9.13 Å². The van der Waals surface area contributed by atoms with E-state index < -0.39 is 0 Å². The highest BCUT2D eigenvalue weighted by Gasteiger charge is 2.20. The Kier molecular flexibility index (Phi) is 5.08. The van der Waals surface area contributed by atoms with Crippen LogP contribution in [0.3, 0.4) is 0 Å². The van der Waals surface area contributed by atoms with Crippen molar-refractivity contribution >= 4 is 76.7 Å². The fourth-order valence-corrected chi connectivity index (χ4v) is 7.80. The number of aromatic nitrogens is 2. The van der Waals surface area contributed by atoms with E-state index in [0.717, 1.165) is 77.5 Å². The number of nitrogens with zero attached hydrogens (tertiary/aromatic N) is 2. The standard InChI is InChI=1S/C44H26N2O2/c1-5-16-37-31(12-1)36-24-27(28-20-22-33-32-13-3-7-18-40(32)47-42(33)25-28)21-23-39(36)45(37)29-10-9-11-30(26-29)46-38-17-6-2-14-34(38)43-35-15-4-8-19-41(35)48-44(43)46/h1-26H. The molecular formula is C44H26N2O2. The monoisotopic (exact) mass is 614 g/mol. The van der Waals surface area contributed by atoms with Gasteiger partial charge in [-0.05, 0) is 77.9 Å².